The van der Waals surface area contributed by atoms with Crippen LogP contribution < -0.4 is 5.32 Å². The van der Waals surface area contributed by atoms with E-state index >= 15 is 0 Å². The van der Waals surface area contributed by atoms with Crippen molar-refractivity contribution in [1.29, 1.82) is 0 Å². The van der Waals surface area contributed by atoms with E-state index in [0.29, 0.717) is 32.8 Å². The fourth-order valence-electron chi connectivity index (χ4n) is 3.64. The standard InChI is InChI=1S/C21H13Cl2N3O2/c1-10-6-18-14(8-13(10)19-4-5-24-28-19)15-9-16(21(27)26-20(15)25-18)12-3-2-11(22)7-17(12)23/h2-9,15H,1H3,(H,25,26,27). The second kappa shape index (κ2) is 6.33. The van der Waals surface area contributed by atoms with Crippen LogP contribution in [-0.2, 0) is 4.79 Å². The van der Waals surface area contributed by atoms with E-state index in [1.165, 1.54) is 0 Å². The maximum atomic E-state index is 12.7. The number of hydrogen-bond donors (Lipinski definition) is 1. The molecule has 2 aliphatic rings. The van der Waals surface area contributed by atoms with E-state index in [-0.39, 0.29) is 11.8 Å². The van der Waals surface area contributed by atoms with Crippen LogP contribution in [0.15, 0.2) is 58.2 Å². The van der Waals surface area contributed by atoms with Gasteiger partial charge in [0.25, 0.3) is 5.91 Å². The minimum atomic E-state index is -0.237. The number of halogens is 2. The molecule has 0 spiro atoms. The SMILES string of the molecule is Cc1cc2c(cc1-c1ccno1)C1C=C(c3ccc(Cl)cc3Cl)C(=O)NC1=N2. The molecule has 28 heavy (non-hydrogen) atoms. The number of fused-ring (bicyclic) bond motifs is 3. The number of aromatic nitrogens is 1. The molecule has 0 bridgehead atoms. The Labute approximate surface area is 170 Å². The van der Waals surface area contributed by atoms with E-state index in [1.807, 2.05) is 31.2 Å². The van der Waals surface area contributed by atoms with E-state index in [0.717, 1.165) is 22.4 Å². The van der Waals surface area contributed by atoms with Gasteiger partial charge in [-0.25, -0.2) is 4.99 Å². The second-order valence-corrected chi connectivity index (χ2v) is 7.58. The summed E-state index contributed by atoms with van der Waals surface area (Å²) < 4.78 is 5.33. The first-order valence-electron chi connectivity index (χ1n) is 8.64. The molecule has 2 aromatic carbocycles. The fraction of sp³-hybridized carbons (Fsp3) is 0.0952. The largest absolute Gasteiger partial charge is 0.356 e. The lowest BCUT2D eigenvalue weighted by atomic mass is 9.88. The molecule has 1 unspecified atom stereocenters. The van der Waals surface area contributed by atoms with Crippen LogP contribution in [0.25, 0.3) is 16.9 Å². The molecule has 0 saturated heterocycles. The van der Waals surface area contributed by atoms with Crippen LogP contribution in [0, 0.1) is 6.92 Å². The number of aliphatic imine (C=N–C) groups is 1. The summed E-state index contributed by atoms with van der Waals surface area (Å²) in [5.41, 5.74) is 4.94. The Kier molecular flexibility index (Phi) is 3.89. The third-order valence-corrected chi connectivity index (χ3v) is 5.54. The summed E-state index contributed by atoms with van der Waals surface area (Å²) in [7, 11) is 0. The number of amides is 1. The molecular weight excluding hydrogens is 397 g/mol. The van der Waals surface area contributed by atoms with E-state index in [4.69, 9.17) is 27.7 Å². The highest BCUT2D eigenvalue weighted by atomic mass is 35.5. The summed E-state index contributed by atoms with van der Waals surface area (Å²) in [6, 6.07) is 11.0. The highest BCUT2D eigenvalue weighted by molar-refractivity contribution is 6.38. The summed E-state index contributed by atoms with van der Waals surface area (Å²) in [6.45, 7) is 1.99. The zero-order chi connectivity index (χ0) is 19.4. The second-order valence-electron chi connectivity index (χ2n) is 6.74. The van der Waals surface area contributed by atoms with Crippen molar-refractivity contribution >= 4 is 46.2 Å². The molecule has 5 nitrogen and oxygen atoms in total. The van der Waals surface area contributed by atoms with Gasteiger partial charge in [-0.3, -0.25) is 4.79 Å². The summed E-state index contributed by atoms with van der Waals surface area (Å²) in [4.78, 5) is 17.3. The van der Waals surface area contributed by atoms with Gasteiger partial charge in [0.2, 0.25) is 0 Å². The van der Waals surface area contributed by atoms with E-state index in [2.05, 4.69) is 15.5 Å². The molecule has 0 aliphatic carbocycles. The summed E-state index contributed by atoms with van der Waals surface area (Å²) in [5, 5.41) is 7.65. The quantitative estimate of drug-likeness (QED) is 0.624. The van der Waals surface area contributed by atoms with Gasteiger partial charge in [0.15, 0.2) is 5.76 Å². The lowest BCUT2D eigenvalue weighted by Crippen LogP contribution is -2.37. The van der Waals surface area contributed by atoms with Crippen molar-refractivity contribution in [3.05, 3.63) is 75.4 Å². The smallest absolute Gasteiger partial charge is 0.256 e. The van der Waals surface area contributed by atoms with Crippen molar-refractivity contribution < 1.29 is 9.32 Å². The molecule has 7 heteroatoms. The van der Waals surface area contributed by atoms with Crippen LogP contribution in [0.2, 0.25) is 10.0 Å². The predicted molar refractivity (Wildman–Crippen MR) is 109 cm³/mol. The van der Waals surface area contributed by atoms with Gasteiger partial charge in [-0.15, -0.1) is 0 Å². The van der Waals surface area contributed by atoms with Gasteiger partial charge in [0.05, 0.1) is 22.8 Å². The number of nitrogens with zero attached hydrogens (tertiary/aromatic N) is 2. The van der Waals surface area contributed by atoms with Crippen LogP contribution in [0.1, 0.15) is 22.6 Å². The van der Waals surface area contributed by atoms with Crippen molar-refractivity contribution in [2.75, 3.05) is 0 Å². The molecule has 3 aromatic rings. The monoisotopic (exact) mass is 409 g/mol. The van der Waals surface area contributed by atoms with Gasteiger partial charge >= 0.3 is 0 Å². The Hall–Kier alpha value is -2.89. The van der Waals surface area contributed by atoms with Crippen molar-refractivity contribution in [3.63, 3.8) is 0 Å². The third-order valence-electron chi connectivity index (χ3n) is 4.99. The zero-order valence-corrected chi connectivity index (χ0v) is 16.2. The predicted octanol–water partition coefficient (Wildman–Crippen LogP) is 5.30. The number of carbonyl (C=O) groups is 1. The number of hydrogen-bond acceptors (Lipinski definition) is 4. The Morgan fingerprint density at radius 2 is 1.96 bits per heavy atom. The summed E-state index contributed by atoms with van der Waals surface area (Å²) >= 11 is 12.3. The van der Waals surface area contributed by atoms with Crippen molar-refractivity contribution in [2.24, 2.45) is 4.99 Å². The minimum Gasteiger partial charge on any atom is -0.356 e. The van der Waals surface area contributed by atoms with Crippen molar-refractivity contribution in [1.82, 2.24) is 10.5 Å². The number of benzene rings is 2. The molecular formula is C21H13Cl2N3O2. The fourth-order valence-corrected chi connectivity index (χ4v) is 4.15. The van der Waals surface area contributed by atoms with Gasteiger partial charge in [0, 0.05) is 27.8 Å². The van der Waals surface area contributed by atoms with E-state index < -0.39 is 0 Å². The molecule has 3 heterocycles. The van der Waals surface area contributed by atoms with E-state index in [1.54, 1.807) is 24.4 Å². The number of aryl methyl sites for hydroxylation is 1. The normalized spacial score (nSPS) is 17.5. The van der Waals surface area contributed by atoms with Crippen molar-refractivity contribution in [3.8, 4) is 11.3 Å². The number of rotatable bonds is 2. The third kappa shape index (κ3) is 2.66. The lowest BCUT2D eigenvalue weighted by molar-refractivity contribution is -0.114. The van der Waals surface area contributed by atoms with Crippen LogP contribution in [0.4, 0.5) is 5.69 Å². The minimum absolute atomic E-state index is 0.170. The number of amidine groups is 1. The lowest BCUT2D eigenvalue weighted by Gasteiger charge is -2.21. The Balaban J connectivity index is 1.64. The van der Waals surface area contributed by atoms with Crippen LogP contribution in [-0.4, -0.2) is 16.9 Å². The molecule has 138 valence electrons. The highest BCUT2D eigenvalue weighted by Crippen LogP contribution is 2.43. The molecule has 0 saturated carbocycles. The van der Waals surface area contributed by atoms with Gasteiger partial charge in [0.1, 0.15) is 5.84 Å². The van der Waals surface area contributed by atoms with Gasteiger partial charge in [-0.1, -0.05) is 40.5 Å². The molecule has 0 fully saturated rings. The number of carbonyl (C=O) groups excluding carboxylic acids is 1. The average molecular weight is 410 g/mol. The first kappa shape index (κ1) is 17.2. The zero-order valence-electron chi connectivity index (χ0n) is 14.7. The van der Waals surface area contributed by atoms with Gasteiger partial charge < -0.3 is 9.84 Å². The van der Waals surface area contributed by atoms with E-state index in [9.17, 15) is 4.79 Å². The number of nitrogens with one attached hydrogen (secondary N) is 1. The van der Waals surface area contributed by atoms with Crippen LogP contribution >= 0.6 is 23.2 Å². The molecule has 2 aliphatic heterocycles. The Bertz CT molecular complexity index is 1200. The maximum Gasteiger partial charge on any atom is 0.256 e. The molecule has 1 amide bonds. The van der Waals surface area contributed by atoms with Crippen LogP contribution in [0.3, 0.4) is 0 Å². The summed E-state index contributed by atoms with van der Waals surface area (Å²) in [6.07, 6.45) is 3.52. The van der Waals surface area contributed by atoms with Gasteiger partial charge in [-0.05, 0) is 42.3 Å². The maximum absolute atomic E-state index is 12.7. The molecule has 1 N–H and O–H groups in total. The average Bonchev–Trinajstić information content (AvgIpc) is 3.28. The Morgan fingerprint density at radius 1 is 1.11 bits per heavy atom. The molecule has 5 rings (SSSR count). The Morgan fingerprint density at radius 3 is 2.71 bits per heavy atom. The van der Waals surface area contributed by atoms with Gasteiger partial charge in [-0.2, -0.15) is 0 Å². The molecule has 0 radical (unpaired) electrons. The first-order valence-corrected chi connectivity index (χ1v) is 9.39. The molecule has 1 aromatic heterocycles. The first-order chi connectivity index (χ1) is 13.5. The van der Waals surface area contributed by atoms with Crippen LogP contribution in [0.5, 0.6) is 0 Å². The molecule has 1 atom stereocenters. The summed E-state index contributed by atoms with van der Waals surface area (Å²) in [5.74, 6) is 0.900. The topological polar surface area (TPSA) is 67.5 Å². The van der Waals surface area contributed by atoms with Crippen molar-refractivity contribution in [2.45, 2.75) is 12.8 Å². The highest BCUT2D eigenvalue weighted by Gasteiger charge is 2.34.